The summed E-state index contributed by atoms with van der Waals surface area (Å²) in [5, 5.41) is 3.28. The summed E-state index contributed by atoms with van der Waals surface area (Å²) < 4.78 is 45.7. The van der Waals surface area contributed by atoms with Crippen LogP contribution in [0.15, 0.2) is 22.7 Å². The number of hydrogen-bond acceptors (Lipinski definition) is 3. The van der Waals surface area contributed by atoms with Crippen LogP contribution in [0, 0.1) is 5.41 Å². The van der Waals surface area contributed by atoms with Crippen LogP contribution in [0.3, 0.4) is 0 Å². The van der Waals surface area contributed by atoms with E-state index in [1.54, 1.807) is 12.1 Å². The fourth-order valence-corrected chi connectivity index (χ4v) is 2.43. The molecule has 1 N–H and O–H groups in total. The minimum absolute atomic E-state index is 0.163. The lowest BCUT2D eigenvalue weighted by atomic mass is 9.89. The Kier molecular flexibility index (Phi) is 4.61. The van der Waals surface area contributed by atoms with Gasteiger partial charge in [-0.25, -0.2) is 0 Å². The molecule has 0 aromatic heterocycles. The van der Waals surface area contributed by atoms with Gasteiger partial charge in [0.2, 0.25) is 0 Å². The number of benzene rings is 1. The van der Waals surface area contributed by atoms with Crippen LogP contribution in [0.1, 0.15) is 12.5 Å². The maximum absolute atomic E-state index is 12.1. The molecule has 1 saturated heterocycles. The first-order chi connectivity index (χ1) is 9.27. The van der Waals surface area contributed by atoms with Crippen molar-refractivity contribution in [3.05, 3.63) is 28.2 Å². The van der Waals surface area contributed by atoms with Crippen molar-refractivity contribution >= 4 is 15.9 Å². The van der Waals surface area contributed by atoms with E-state index in [0.717, 1.165) is 25.3 Å². The molecule has 1 aliphatic rings. The summed E-state index contributed by atoms with van der Waals surface area (Å²) in [5.41, 5.74) is 1.05. The molecule has 1 aromatic carbocycles. The van der Waals surface area contributed by atoms with Gasteiger partial charge in [-0.2, -0.15) is 0 Å². The number of rotatable bonds is 5. The molecule has 1 aliphatic heterocycles. The quantitative estimate of drug-likeness (QED) is 0.879. The van der Waals surface area contributed by atoms with Crippen molar-refractivity contribution in [3.8, 4) is 5.75 Å². The molecule has 3 nitrogen and oxygen atoms in total. The van der Waals surface area contributed by atoms with Crippen molar-refractivity contribution in [2.75, 3.05) is 19.8 Å². The molecule has 0 radical (unpaired) electrons. The molecule has 0 aliphatic carbocycles. The molecule has 0 amide bonds. The van der Waals surface area contributed by atoms with Crippen molar-refractivity contribution in [3.63, 3.8) is 0 Å². The van der Waals surface area contributed by atoms with E-state index in [4.69, 9.17) is 4.74 Å². The molecule has 0 bridgehead atoms. The topological polar surface area (TPSA) is 30.5 Å². The summed E-state index contributed by atoms with van der Waals surface area (Å²) in [7, 11) is 0. The zero-order valence-corrected chi connectivity index (χ0v) is 12.5. The minimum Gasteiger partial charge on any atom is -0.405 e. The van der Waals surface area contributed by atoms with Gasteiger partial charge in [0.15, 0.2) is 0 Å². The van der Waals surface area contributed by atoms with Gasteiger partial charge in [0.1, 0.15) is 5.75 Å². The van der Waals surface area contributed by atoms with E-state index in [1.165, 1.54) is 6.07 Å². The molecule has 1 fully saturated rings. The Bertz CT molecular complexity index is 475. The highest BCUT2D eigenvalue weighted by atomic mass is 79.9. The molecule has 0 spiro atoms. The third-order valence-corrected chi connectivity index (χ3v) is 3.62. The summed E-state index contributed by atoms with van der Waals surface area (Å²) in [4.78, 5) is 0. The third-order valence-electron chi connectivity index (χ3n) is 3.00. The lowest BCUT2D eigenvalue weighted by molar-refractivity contribution is -0.274. The lowest BCUT2D eigenvalue weighted by Crippen LogP contribution is -2.47. The maximum atomic E-state index is 12.1. The summed E-state index contributed by atoms with van der Waals surface area (Å²) >= 11 is 3.08. The van der Waals surface area contributed by atoms with Crippen molar-refractivity contribution < 1.29 is 22.6 Å². The first-order valence-electron chi connectivity index (χ1n) is 6.10. The molecule has 0 atom stereocenters. The summed E-state index contributed by atoms with van der Waals surface area (Å²) in [6.07, 6.45) is -4.68. The van der Waals surface area contributed by atoms with Gasteiger partial charge in [-0.3, -0.25) is 0 Å². The first-order valence-corrected chi connectivity index (χ1v) is 6.89. The van der Waals surface area contributed by atoms with E-state index in [-0.39, 0.29) is 15.6 Å². The van der Waals surface area contributed by atoms with E-state index < -0.39 is 6.36 Å². The maximum Gasteiger partial charge on any atom is 0.573 e. The smallest absolute Gasteiger partial charge is 0.405 e. The van der Waals surface area contributed by atoms with Crippen LogP contribution < -0.4 is 10.1 Å². The van der Waals surface area contributed by atoms with Gasteiger partial charge in [0.05, 0.1) is 17.7 Å². The highest BCUT2D eigenvalue weighted by Gasteiger charge is 2.33. The average Bonchev–Trinajstić information content (AvgIpc) is 2.29. The molecule has 20 heavy (non-hydrogen) atoms. The summed E-state index contributed by atoms with van der Waals surface area (Å²) in [5.74, 6) is -0.236. The van der Waals surface area contributed by atoms with Crippen molar-refractivity contribution in [2.24, 2.45) is 5.41 Å². The number of alkyl halides is 3. The summed E-state index contributed by atoms with van der Waals surface area (Å²) in [6.45, 7) is 5.00. The molecule has 0 unspecified atom stereocenters. The molecule has 0 saturated carbocycles. The molecule has 1 aromatic rings. The second kappa shape index (κ2) is 5.91. The fraction of sp³-hybridized carbons (Fsp3) is 0.538. The zero-order chi connectivity index (χ0) is 14.8. The Balaban J connectivity index is 1.88. The molecule has 7 heteroatoms. The van der Waals surface area contributed by atoms with Crippen LogP contribution in [-0.4, -0.2) is 26.1 Å². The number of hydrogen-bond donors (Lipinski definition) is 1. The van der Waals surface area contributed by atoms with Crippen LogP contribution in [0.4, 0.5) is 13.2 Å². The van der Waals surface area contributed by atoms with Gasteiger partial charge in [-0.05, 0) is 33.6 Å². The van der Waals surface area contributed by atoms with Crippen molar-refractivity contribution in [1.29, 1.82) is 0 Å². The highest BCUT2D eigenvalue weighted by molar-refractivity contribution is 9.10. The average molecular weight is 354 g/mol. The Morgan fingerprint density at radius 3 is 2.60 bits per heavy atom. The van der Waals surface area contributed by atoms with Crippen LogP contribution in [-0.2, 0) is 11.3 Å². The van der Waals surface area contributed by atoms with Gasteiger partial charge in [0.25, 0.3) is 0 Å². The van der Waals surface area contributed by atoms with Gasteiger partial charge in [0, 0.05) is 18.5 Å². The predicted octanol–water partition coefficient (Wildman–Crippen LogP) is 3.47. The second-order valence-corrected chi connectivity index (χ2v) is 6.07. The van der Waals surface area contributed by atoms with Crippen LogP contribution in [0.2, 0.25) is 0 Å². The predicted molar refractivity (Wildman–Crippen MR) is 71.5 cm³/mol. The van der Waals surface area contributed by atoms with Crippen LogP contribution in [0.5, 0.6) is 5.75 Å². The normalized spacial score (nSPS) is 17.6. The number of halogens is 4. The molecular formula is C13H15BrF3NO2. The first kappa shape index (κ1) is 15.6. The van der Waals surface area contributed by atoms with Crippen molar-refractivity contribution in [1.82, 2.24) is 5.32 Å². The third kappa shape index (κ3) is 4.36. The fourth-order valence-electron chi connectivity index (χ4n) is 1.92. The molecular weight excluding hydrogens is 339 g/mol. The van der Waals surface area contributed by atoms with E-state index in [0.29, 0.717) is 6.54 Å². The standard InChI is InChI=1S/C13H15BrF3NO2/c1-12(7-19-8-12)6-18-5-9-2-3-11(10(14)4-9)20-13(15,16)17/h2-4,18H,5-8H2,1H3. The molecule has 112 valence electrons. The Morgan fingerprint density at radius 1 is 1.40 bits per heavy atom. The van der Waals surface area contributed by atoms with Gasteiger partial charge < -0.3 is 14.8 Å². The monoisotopic (exact) mass is 353 g/mol. The van der Waals surface area contributed by atoms with Crippen molar-refractivity contribution in [2.45, 2.75) is 19.8 Å². The largest absolute Gasteiger partial charge is 0.573 e. The van der Waals surface area contributed by atoms with Crippen LogP contribution in [0.25, 0.3) is 0 Å². The Labute approximate surface area is 123 Å². The van der Waals surface area contributed by atoms with E-state index in [1.807, 2.05) is 0 Å². The molecule has 2 rings (SSSR count). The van der Waals surface area contributed by atoms with E-state index >= 15 is 0 Å². The number of ether oxygens (including phenoxy) is 2. The van der Waals surface area contributed by atoms with Crippen LogP contribution >= 0.6 is 15.9 Å². The lowest BCUT2D eigenvalue weighted by Gasteiger charge is -2.38. The highest BCUT2D eigenvalue weighted by Crippen LogP contribution is 2.31. The number of nitrogens with one attached hydrogen (secondary N) is 1. The minimum atomic E-state index is -4.68. The molecule has 1 heterocycles. The van der Waals surface area contributed by atoms with E-state index in [2.05, 4.69) is 32.9 Å². The van der Waals surface area contributed by atoms with Gasteiger partial charge in [-0.1, -0.05) is 13.0 Å². The summed E-state index contributed by atoms with van der Waals surface area (Å²) in [6, 6.07) is 4.54. The second-order valence-electron chi connectivity index (χ2n) is 5.22. The Morgan fingerprint density at radius 2 is 2.10 bits per heavy atom. The zero-order valence-electron chi connectivity index (χ0n) is 10.9. The van der Waals surface area contributed by atoms with E-state index in [9.17, 15) is 13.2 Å². The van der Waals surface area contributed by atoms with Gasteiger partial charge in [-0.15, -0.1) is 13.2 Å². The Hall–Kier alpha value is -0.790. The SMILES string of the molecule is CC1(CNCc2ccc(OC(F)(F)F)c(Br)c2)COC1. The van der Waals surface area contributed by atoms with Gasteiger partial charge >= 0.3 is 6.36 Å².